The molecule has 144 valence electrons. The molecule has 0 aliphatic carbocycles. The number of amides is 1. The van der Waals surface area contributed by atoms with E-state index in [0.717, 1.165) is 22.5 Å². The van der Waals surface area contributed by atoms with Crippen LogP contribution < -0.4 is 5.32 Å². The first kappa shape index (κ1) is 20.7. The average Bonchev–Trinajstić information content (AvgIpc) is 2.86. The summed E-state index contributed by atoms with van der Waals surface area (Å²) >= 11 is 6.22. The highest BCUT2D eigenvalue weighted by atomic mass is 35.5. The first-order valence-corrected chi connectivity index (χ1v) is 9.07. The van der Waals surface area contributed by atoms with Crippen LogP contribution in [0.3, 0.4) is 0 Å². The van der Waals surface area contributed by atoms with Gasteiger partial charge in [-0.3, -0.25) is 9.48 Å². The summed E-state index contributed by atoms with van der Waals surface area (Å²) < 4.78 is 6.79. The van der Waals surface area contributed by atoms with Crippen molar-refractivity contribution in [3.8, 4) is 0 Å². The number of carbonyl (C=O) groups excluding carboxylic acids is 2. The van der Waals surface area contributed by atoms with Crippen LogP contribution in [0.25, 0.3) is 6.08 Å². The second-order valence-corrected chi connectivity index (χ2v) is 6.90. The molecule has 0 radical (unpaired) electrons. The van der Waals surface area contributed by atoms with E-state index in [0.29, 0.717) is 11.6 Å². The third-order valence-electron chi connectivity index (χ3n) is 3.90. The molecule has 2 rings (SSSR count). The van der Waals surface area contributed by atoms with Crippen LogP contribution in [-0.2, 0) is 20.9 Å². The minimum atomic E-state index is -0.577. The van der Waals surface area contributed by atoms with E-state index in [-0.39, 0.29) is 18.6 Å². The van der Waals surface area contributed by atoms with E-state index in [1.807, 2.05) is 56.6 Å². The van der Waals surface area contributed by atoms with E-state index >= 15 is 0 Å². The third-order valence-corrected chi connectivity index (χ3v) is 4.27. The Labute approximate surface area is 164 Å². The minimum Gasteiger partial charge on any atom is -0.452 e. The van der Waals surface area contributed by atoms with Crippen molar-refractivity contribution in [3.05, 3.63) is 57.9 Å². The monoisotopic (exact) mass is 389 g/mol. The fraction of sp³-hybridized carbons (Fsp3) is 0.350. The SMILES string of the molecule is Cc1nn(Cc2ccccc2Cl)c(C)c1C=CC(=O)OCC(=O)NC(C)C. The number of aromatic nitrogens is 2. The van der Waals surface area contributed by atoms with Gasteiger partial charge in [-0.05, 0) is 45.4 Å². The fourth-order valence-corrected chi connectivity index (χ4v) is 2.79. The summed E-state index contributed by atoms with van der Waals surface area (Å²) in [5, 5.41) is 7.86. The van der Waals surface area contributed by atoms with Gasteiger partial charge >= 0.3 is 5.97 Å². The maximum atomic E-state index is 11.8. The summed E-state index contributed by atoms with van der Waals surface area (Å²) in [7, 11) is 0. The second kappa shape index (κ2) is 9.37. The number of hydrogen-bond donors (Lipinski definition) is 1. The van der Waals surface area contributed by atoms with Gasteiger partial charge < -0.3 is 10.1 Å². The Morgan fingerprint density at radius 2 is 2.00 bits per heavy atom. The number of benzene rings is 1. The molecular formula is C20H24ClN3O3. The van der Waals surface area contributed by atoms with E-state index < -0.39 is 5.97 Å². The molecule has 1 N–H and O–H groups in total. The van der Waals surface area contributed by atoms with Crippen molar-refractivity contribution in [2.24, 2.45) is 0 Å². The highest BCUT2D eigenvalue weighted by Gasteiger charge is 2.12. The Kier molecular flexibility index (Phi) is 7.19. The lowest BCUT2D eigenvalue weighted by Crippen LogP contribution is -2.33. The smallest absolute Gasteiger partial charge is 0.331 e. The van der Waals surface area contributed by atoms with Gasteiger partial charge in [0.15, 0.2) is 6.61 Å². The topological polar surface area (TPSA) is 73.2 Å². The average molecular weight is 390 g/mol. The van der Waals surface area contributed by atoms with Crippen LogP contribution in [0.15, 0.2) is 30.3 Å². The van der Waals surface area contributed by atoms with Crippen molar-refractivity contribution in [1.29, 1.82) is 0 Å². The van der Waals surface area contributed by atoms with E-state index in [1.54, 1.807) is 6.08 Å². The standard InChI is InChI=1S/C20H24ClN3O3/c1-13(2)22-19(25)12-27-20(26)10-9-17-14(3)23-24(15(17)4)11-16-7-5-6-8-18(16)21/h5-10,13H,11-12H2,1-4H3,(H,22,25). The molecule has 1 aromatic heterocycles. The summed E-state index contributed by atoms with van der Waals surface area (Å²) in [6.45, 7) is 7.72. The number of nitrogens with one attached hydrogen (secondary N) is 1. The van der Waals surface area contributed by atoms with E-state index in [2.05, 4.69) is 10.4 Å². The van der Waals surface area contributed by atoms with Crippen LogP contribution >= 0.6 is 11.6 Å². The number of aryl methyl sites for hydroxylation is 1. The molecule has 0 bridgehead atoms. The Morgan fingerprint density at radius 3 is 2.67 bits per heavy atom. The van der Waals surface area contributed by atoms with E-state index in [4.69, 9.17) is 16.3 Å². The number of carbonyl (C=O) groups is 2. The van der Waals surface area contributed by atoms with Crippen LogP contribution in [0.4, 0.5) is 0 Å². The normalized spacial score (nSPS) is 11.2. The predicted octanol–water partition coefficient (Wildman–Crippen LogP) is 3.28. The highest BCUT2D eigenvalue weighted by Crippen LogP contribution is 2.20. The zero-order valence-electron chi connectivity index (χ0n) is 16.0. The molecule has 1 amide bonds. The molecule has 0 atom stereocenters. The van der Waals surface area contributed by atoms with Gasteiger partial charge in [0, 0.05) is 28.4 Å². The van der Waals surface area contributed by atoms with Crippen molar-refractivity contribution in [2.75, 3.05) is 6.61 Å². The fourth-order valence-electron chi connectivity index (χ4n) is 2.59. The molecule has 0 aliphatic heterocycles. The van der Waals surface area contributed by atoms with Crippen LogP contribution in [0, 0.1) is 13.8 Å². The maximum Gasteiger partial charge on any atom is 0.331 e. The van der Waals surface area contributed by atoms with Gasteiger partial charge in [-0.15, -0.1) is 0 Å². The molecule has 0 aliphatic rings. The minimum absolute atomic E-state index is 0.000926. The molecule has 7 heteroatoms. The lowest BCUT2D eigenvalue weighted by atomic mass is 10.1. The summed E-state index contributed by atoms with van der Waals surface area (Å²) in [4.78, 5) is 23.3. The first-order chi connectivity index (χ1) is 12.8. The molecule has 27 heavy (non-hydrogen) atoms. The van der Waals surface area contributed by atoms with Crippen molar-refractivity contribution in [2.45, 2.75) is 40.3 Å². The van der Waals surface area contributed by atoms with Gasteiger partial charge in [0.2, 0.25) is 0 Å². The molecule has 0 saturated heterocycles. The third kappa shape index (κ3) is 5.96. The van der Waals surface area contributed by atoms with Crippen molar-refractivity contribution >= 4 is 29.6 Å². The Morgan fingerprint density at radius 1 is 1.30 bits per heavy atom. The number of rotatable bonds is 7. The van der Waals surface area contributed by atoms with E-state index in [9.17, 15) is 9.59 Å². The number of halogens is 1. The number of nitrogens with zero attached hydrogens (tertiary/aromatic N) is 2. The van der Waals surface area contributed by atoms with Crippen molar-refractivity contribution in [3.63, 3.8) is 0 Å². The van der Waals surface area contributed by atoms with Gasteiger partial charge in [0.25, 0.3) is 5.91 Å². The molecule has 1 heterocycles. The van der Waals surface area contributed by atoms with Gasteiger partial charge in [-0.25, -0.2) is 4.79 Å². The maximum absolute atomic E-state index is 11.8. The lowest BCUT2D eigenvalue weighted by Gasteiger charge is -2.07. The Balaban J connectivity index is 2.03. The summed E-state index contributed by atoms with van der Waals surface area (Å²) in [6, 6.07) is 7.61. The summed E-state index contributed by atoms with van der Waals surface area (Å²) in [5.74, 6) is -0.904. The molecule has 0 fully saturated rings. The molecule has 2 aromatic rings. The van der Waals surface area contributed by atoms with Gasteiger partial charge in [-0.1, -0.05) is 29.8 Å². The van der Waals surface area contributed by atoms with E-state index in [1.165, 1.54) is 6.08 Å². The van der Waals surface area contributed by atoms with Crippen LogP contribution in [0.2, 0.25) is 5.02 Å². The van der Waals surface area contributed by atoms with Gasteiger partial charge in [0.1, 0.15) is 0 Å². The predicted molar refractivity (Wildman–Crippen MR) is 106 cm³/mol. The second-order valence-electron chi connectivity index (χ2n) is 6.50. The van der Waals surface area contributed by atoms with Crippen LogP contribution in [0.5, 0.6) is 0 Å². The number of ether oxygens (including phenoxy) is 1. The number of hydrogen-bond acceptors (Lipinski definition) is 4. The molecular weight excluding hydrogens is 366 g/mol. The molecule has 1 aromatic carbocycles. The van der Waals surface area contributed by atoms with Gasteiger partial charge in [0.05, 0.1) is 12.2 Å². The summed E-state index contributed by atoms with van der Waals surface area (Å²) in [5.41, 5.74) is 3.51. The molecule has 6 nitrogen and oxygen atoms in total. The van der Waals surface area contributed by atoms with Crippen LogP contribution in [0.1, 0.15) is 36.4 Å². The molecule has 0 spiro atoms. The largest absolute Gasteiger partial charge is 0.452 e. The number of esters is 1. The lowest BCUT2D eigenvalue weighted by molar-refractivity contribution is -0.143. The first-order valence-electron chi connectivity index (χ1n) is 8.69. The molecule has 0 saturated carbocycles. The van der Waals surface area contributed by atoms with Crippen molar-refractivity contribution in [1.82, 2.24) is 15.1 Å². The highest BCUT2D eigenvalue weighted by molar-refractivity contribution is 6.31. The quantitative estimate of drug-likeness (QED) is 0.582. The Hall–Kier alpha value is -2.60. The van der Waals surface area contributed by atoms with Gasteiger partial charge in [-0.2, -0.15) is 5.10 Å². The zero-order chi connectivity index (χ0) is 20.0. The Bertz CT molecular complexity index is 856. The molecule has 0 unspecified atom stereocenters. The zero-order valence-corrected chi connectivity index (χ0v) is 16.7. The van der Waals surface area contributed by atoms with Crippen LogP contribution in [-0.4, -0.2) is 34.3 Å². The summed E-state index contributed by atoms with van der Waals surface area (Å²) in [6.07, 6.45) is 2.96. The van der Waals surface area contributed by atoms with Crippen molar-refractivity contribution < 1.29 is 14.3 Å².